The van der Waals surface area contributed by atoms with Crippen molar-refractivity contribution < 1.29 is 8.42 Å². The monoisotopic (exact) mass is 312 g/mol. The standard InChI is InChI=1S/C16H28N2O2S/c1-5-7-14-8-10-15(11-9-14)21(19,20)18(6-2)13-16(3,4)12-17/h8-11H,5-7,12-13,17H2,1-4H3. The zero-order valence-electron chi connectivity index (χ0n) is 13.6. The molecule has 0 bridgehead atoms. The van der Waals surface area contributed by atoms with E-state index in [0.717, 1.165) is 12.8 Å². The quantitative estimate of drug-likeness (QED) is 0.802. The maximum absolute atomic E-state index is 12.7. The Labute approximate surface area is 129 Å². The Bertz CT molecular complexity index is 536. The van der Waals surface area contributed by atoms with Crippen molar-refractivity contribution in [2.24, 2.45) is 11.1 Å². The van der Waals surface area contributed by atoms with Crippen LogP contribution in [0.15, 0.2) is 29.2 Å². The number of nitrogens with two attached hydrogens (primary N) is 1. The van der Waals surface area contributed by atoms with E-state index >= 15 is 0 Å². The number of aryl methyl sites for hydroxylation is 1. The zero-order valence-corrected chi connectivity index (χ0v) is 14.4. The van der Waals surface area contributed by atoms with Crippen molar-refractivity contribution >= 4 is 10.0 Å². The van der Waals surface area contributed by atoms with Gasteiger partial charge in [0.05, 0.1) is 4.90 Å². The molecule has 0 aliphatic rings. The fraction of sp³-hybridized carbons (Fsp3) is 0.625. The molecule has 120 valence electrons. The van der Waals surface area contributed by atoms with Crippen LogP contribution in [0.2, 0.25) is 0 Å². The molecule has 1 rings (SSSR count). The van der Waals surface area contributed by atoms with Crippen LogP contribution in [0.5, 0.6) is 0 Å². The van der Waals surface area contributed by atoms with Gasteiger partial charge in [-0.25, -0.2) is 8.42 Å². The number of hydrogen-bond acceptors (Lipinski definition) is 3. The van der Waals surface area contributed by atoms with E-state index in [1.807, 2.05) is 32.9 Å². The average molecular weight is 312 g/mol. The highest BCUT2D eigenvalue weighted by atomic mass is 32.2. The normalized spacial score (nSPS) is 12.9. The third-order valence-electron chi connectivity index (χ3n) is 3.61. The minimum Gasteiger partial charge on any atom is -0.330 e. The smallest absolute Gasteiger partial charge is 0.243 e. The van der Waals surface area contributed by atoms with Gasteiger partial charge in [-0.15, -0.1) is 0 Å². The second-order valence-corrected chi connectivity index (χ2v) is 8.13. The van der Waals surface area contributed by atoms with E-state index < -0.39 is 10.0 Å². The van der Waals surface area contributed by atoms with Crippen LogP contribution in [0, 0.1) is 5.41 Å². The lowest BCUT2D eigenvalue weighted by Gasteiger charge is -2.30. The van der Waals surface area contributed by atoms with Gasteiger partial charge < -0.3 is 5.73 Å². The highest BCUT2D eigenvalue weighted by Gasteiger charge is 2.28. The molecule has 4 nitrogen and oxygen atoms in total. The van der Waals surface area contributed by atoms with Crippen LogP contribution < -0.4 is 5.73 Å². The lowest BCUT2D eigenvalue weighted by Crippen LogP contribution is -2.41. The van der Waals surface area contributed by atoms with E-state index in [-0.39, 0.29) is 5.41 Å². The Balaban J connectivity index is 3.01. The fourth-order valence-corrected chi connectivity index (χ4v) is 3.81. The summed E-state index contributed by atoms with van der Waals surface area (Å²) in [5.74, 6) is 0. The van der Waals surface area contributed by atoms with Gasteiger partial charge in [-0.1, -0.05) is 46.2 Å². The maximum atomic E-state index is 12.7. The molecule has 0 radical (unpaired) electrons. The Hall–Kier alpha value is -0.910. The first-order chi connectivity index (χ1) is 9.76. The van der Waals surface area contributed by atoms with Crippen LogP contribution in [-0.2, 0) is 16.4 Å². The number of nitrogens with zero attached hydrogens (tertiary/aromatic N) is 1. The van der Waals surface area contributed by atoms with E-state index in [9.17, 15) is 8.42 Å². The molecule has 1 aromatic rings. The lowest BCUT2D eigenvalue weighted by molar-refractivity contribution is 0.273. The summed E-state index contributed by atoms with van der Waals surface area (Å²) in [6, 6.07) is 7.22. The molecule has 0 aliphatic carbocycles. The molecule has 0 spiro atoms. The van der Waals surface area contributed by atoms with Gasteiger partial charge in [-0.2, -0.15) is 4.31 Å². The first-order valence-corrected chi connectivity index (χ1v) is 9.00. The third-order valence-corrected chi connectivity index (χ3v) is 5.54. The number of hydrogen-bond donors (Lipinski definition) is 1. The molecule has 0 aliphatic heterocycles. The van der Waals surface area contributed by atoms with Crippen molar-refractivity contribution in [3.63, 3.8) is 0 Å². The van der Waals surface area contributed by atoms with E-state index in [0.29, 0.717) is 24.5 Å². The van der Waals surface area contributed by atoms with Crippen LogP contribution in [0.25, 0.3) is 0 Å². The minimum atomic E-state index is -3.45. The van der Waals surface area contributed by atoms with Gasteiger partial charge in [0, 0.05) is 13.1 Å². The van der Waals surface area contributed by atoms with E-state index in [4.69, 9.17) is 5.73 Å². The molecule has 21 heavy (non-hydrogen) atoms. The van der Waals surface area contributed by atoms with Gasteiger partial charge in [0.1, 0.15) is 0 Å². The summed E-state index contributed by atoms with van der Waals surface area (Å²) in [5.41, 5.74) is 6.66. The molecule has 0 unspecified atom stereocenters. The summed E-state index contributed by atoms with van der Waals surface area (Å²) < 4.78 is 26.9. The number of benzene rings is 1. The molecule has 0 fully saturated rings. The van der Waals surface area contributed by atoms with Crippen molar-refractivity contribution in [1.29, 1.82) is 0 Å². The number of rotatable bonds is 8. The van der Waals surface area contributed by atoms with Crippen LogP contribution in [0.3, 0.4) is 0 Å². The molecule has 2 N–H and O–H groups in total. The predicted octanol–water partition coefficient (Wildman–Crippen LogP) is 2.63. The average Bonchev–Trinajstić information content (AvgIpc) is 2.45. The summed E-state index contributed by atoms with van der Waals surface area (Å²) in [4.78, 5) is 0.358. The van der Waals surface area contributed by atoms with Crippen LogP contribution in [0.4, 0.5) is 0 Å². The maximum Gasteiger partial charge on any atom is 0.243 e. The fourth-order valence-electron chi connectivity index (χ4n) is 2.17. The Kier molecular flexibility index (Phi) is 6.38. The van der Waals surface area contributed by atoms with Gasteiger partial charge in [0.25, 0.3) is 0 Å². The van der Waals surface area contributed by atoms with Crippen LogP contribution in [-0.4, -0.2) is 32.4 Å². The molecule has 5 heteroatoms. The highest BCUT2D eigenvalue weighted by molar-refractivity contribution is 7.89. The zero-order chi connectivity index (χ0) is 16.1. The van der Waals surface area contributed by atoms with Gasteiger partial charge in [-0.3, -0.25) is 0 Å². The first-order valence-electron chi connectivity index (χ1n) is 7.56. The van der Waals surface area contributed by atoms with Gasteiger partial charge in [-0.05, 0) is 36.1 Å². The summed E-state index contributed by atoms with van der Waals surface area (Å²) in [6.45, 7) is 9.26. The highest BCUT2D eigenvalue weighted by Crippen LogP contribution is 2.22. The van der Waals surface area contributed by atoms with Crippen LogP contribution in [0.1, 0.15) is 39.7 Å². The minimum absolute atomic E-state index is 0.231. The first kappa shape index (κ1) is 18.1. The topological polar surface area (TPSA) is 63.4 Å². The summed E-state index contributed by atoms with van der Waals surface area (Å²) in [6.07, 6.45) is 2.02. The molecule has 1 aromatic carbocycles. The second-order valence-electron chi connectivity index (χ2n) is 6.19. The van der Waals surface area contributed by atoms with Crippen molar-refractivity contribution in [2.45, 2.75) is 45.4 Å². The van der Waals surface area contributed by atoms with Crippen molar-refractivity contribution in [3.05, 3.63) is 29.8 Å². The molecule has 0 atom stereocenters. The molecule has 0 saturated heterocycles. The molecular formula is C16H28N2O2S. The Morgan fingerprint density at radius 3 is 2.14 bits per heavy atom. The number of sulfonamides is 1. The molecule has 0 heterocycles. The van der Waals surface area contributed by atoms with E-state index in [1.54, 1.807) is 12.1 Å². The van der Waals surface area contributed by atoms with Gasteiger partial charge >= 0.3 is 0 Å². The van der Waals surface area contributed by atoms with Crippen molar-refractivity contribution in [1.82, 2.24) is 4.31 Å². The molecule has 0 amide bonds. The summed E-state index contributed by atoms with van der Waals surface area (Å²) in [5, 5.41) is 0. The van der Waals surface area contributed by atoms with Gasteiger partial charge in [0.15, 0.2) is 0 Å². The Morgan fingerprint density at radius 1 is 1.14 bits per heavy atom. The Morgan fingerprint density at radius 2 is 1.71 bits per heavy atom. The van der Waals surface area contributed by atoms with E-state index in [2.05, 4.69) is 6.92 Å². The van der Waals surface area contributed by atoms with Crippen LogP contribution >= 0.6 is 0 Å². The summed E-state index contributed by atoms with van der Waals surface area (Å²) >= 11 is 0. The van der Waals surface area contributed by atoms with Crippen molar-refractivity contribution in [2.75, 3.05) is 19.6 Å². The summed E-state index contributed by atoms with van der Waals surface area (Å²) in [7, 11) is -3.45. The lowest BCUT2D eigenvalue weighted by atomic mass is 9.94. The molecule has 0 aromatic heterocycles. The van der Waals surface area contributed by atoms with E-state index in [1.165, 1.54) is 9.87 Å². The van der Waals surface area contributed by atoms with Gasteiger partial charge in [0.2, 0.25) is 10.0 Å². The van der Waals surface area contributed by atoms with Crippen molar-refractivity contribution in [3.8, 4) is 0 Å². The largest absolute Gasteiger partial charge is 0.330 e. The second kappa shape index (κ2) is 7.38. The third kappa shape index (κ3) is 4.80. The SMILES string of the molecule is CCCc1ccc(S(=O)(=O)N(CC)CC(C)(C)CN)cc1. The molecular weight excluding hydrogens is 284 g/mol. The molecule has 0 saturated carbocycles. The predicted molar refractivity (Wildman–Crippen MR) is 87.7 cm³/mol.